The van der Waals surface area contributed by atoms with Crippen molar-refractivity contribution >= 4 is 5.91 Å². The molecule has 1 atom stereocenters. The fourth-order valence-electron chi connectivity index (χ4n) is 2.52. The van der Waals surface area contributed by atoms with Crippen LogP contribution in [0.15, 0.2) is 18.2 Å². The minimum atomic E-state index is -0.832. The van der Waals surface area contributed by atoms with Crippen molar-refractivity contribution in [1.29, 1.82) is 0 Å². The van der Waals surface area contributed by atoms with Gasteiger partial charge in [0.2, 0.25) is 0 Å². The Kier molecular flexibility index (Phi) is 5.64. The molecular weight excluding hydrogens is 278 g/mol. The molecule has 1 amide bonds. The van der Waals surface area contributed by atoms with Gasteiger partial charge >= 0.3 is 0 Å². The van der Waals surface area contributed by atoms with Gasteiger partial charge in [-0.25, -0.2) is 8.78 Å². The van der Waals surface area contributed by atoms with Gasteiger partial charge in [0.15, 0.2) is 0 Å². The Morgan fingerprint density at radius 2 is 2.14 bits per heavy atom. The summed E-state index contributed by atoms with van der Waals surface area (Å²) < 4.78 is 32.5. The Bertz CT molecular complexity index is 470. The Morgan fingerprint density at radius 3 is 2.71 bits per heavy atom. The van der Waals surface area contributed by atoms with Crippen molar-refractivity contribution in [2.75, 3.05) is 33.4 Å². The van der Waals surface area contributed by atoms with Crippen LogP contribution in [0.3, 0.4) is 0 Å². The lowest BCUT2D eigenvalue weighted by Gasteiger charge is -2.26. The second kappa shape index (κ2) is 7.47. The Balaban J connectivity index is 2.16. The first-order chi connectivity index (χ1) is 10.1. The minimum Gasteiger partial charge on any atom is -0.383 e. The Morgan fingerprint density at radius 1 is 1.43 bits per heavy atom. The van der Waals surface area contributed by atoms with Crippen LogP contribution in [0.4, 0.5) is 8.78 Å². The number of amides is 1. The van der Waals surface area contributed by atoms with Gasteiger partial charge in [-0.2, -0.15) is 0 Å². The molecular formula is C15H20F2N2O2. The zero-order valence-corrected chi connectivity index (χ0v) is 12.1. The molecule has 0 aromatic heterocycles. The summed E-state index contributed by atoms with van der Waals surface area (Å²) in [6, 6.07) is 3.61. The largest absolute Gasteiger partial charge is 0.383 e. The van der Waals surface area contributed by atoms with E-state index in [1.165, 1.54) is 18.1 Å². The molecule has 21 heavy (non-hydrogen) atoms. The molecule has 1 heterocycles. The second-order valence-electron chi connectivity index (χ2n) is 5.13. The summed E-state index contributed by atoms with van der Waals surface area (Å²) in [5.74, 6) is -2.29. The molecule has 4 nitrogen and oxygen atoms in total. The van der Waals surface area contributed by atoms with E-state index in [9.17, 15) is 13.6 Å². The first-order valence-corrected chi connectivity index (χ1v) is 7.09. The highest BCUT2D eigenvalue weighted by molar-refractivity contribution is 5.94. The number of rotatable bonds is 6. The summed E-state index contributed by atoms with van der Waals surface area (Å²) in [4.78, 5) is 13.9. The van der Waals surface area contributed by atoms with Crippen molar-refractivity contribution in [3.63, 3.8) is 0 Å². The minimum absolute atomic E-state index is 0.167. The quantitative estimate of drug-likeness (QED) is 0.871. The number of nitrogens with one attached hydrogen (secondary N) is 1. The van der Waals surface area contributed by atoms with Gasteiger partial charge in [0.1, 0.15) is 17.2 Å². The predicted molar refractivity (Wildman–Crippen MR) is 75.2 cm³/mol. The highest BCUT2D eigenvalue weighted by Crippen LogP contribution is 2.16. The molecule has 6 heteroatoms. The average Bonchev–Trinajstić information content (AvgIpc) is 2.96. The van der Waals surface area contributed by atoms with Crippen LogP contribution in [0.5, 0.6) is 0 Å². The highest BCUT2D eigenvalue weighted by atomic mass is 19.1. The number of carbonyl (C=O) groups is 1. The molecule has 1 fully saturated rings. The predicted octanol–water partition coefficient (Wildman–Crippen LogP) is 1.81. The van der Waals surface area contributed by atoms with E-state index in [2.05, 4.69) is 5.32 Å². The fourth-order valence-corrected chi connectivity index (χ4v) is 2.52. The molecule has 1 aliphatic heterocycles. The van der Waals surface area contributed by atoms with Gasteiger partial charge < -0.3 is 15.0 Å². The van der Waals surface area contributed by atoms with Crippen molar-refractivity contribution in [2.24, 2.45) is 0 Å². The van der Waals surface area contributed by atoms with Crippen LogP contribution in [-0.2, 0) is 4.74 Å². The van der Waals surface area contributed by atoms with Crippen molar-refractivity contribution < 1.29 is 18.3 Å². The number of nitrogens with zero attached hydrogens (tertiary/aromatic N) is 1. The maximum absolute atomic E-state index is 13.8. The smallest absolute Gasteiger partial charge is 0.259 e. The lowest BCUT2D eigenvalue weighted by Crippen LogP contribution is -2.43. The van der Waals surface area contributed by atoms with Crippen LogP contribution in [0, 0.1) is 11.6 Å². The van der Waals surface area contributed by atoms with Gasteiger partial charge in [0.25, 0.3) is 5.91 Å². The van der Waals surface area contributed by atoms with Gasteiger partial charge in [0, 0.05) is 26.2 Å². The first-order valence-electron chi connectivity index (χ1n) is 7.09. The van der Waals surface area contributed by atoms with Crippen LogP contribution < -0.4 is 5.32 Å². The number of halogens is 2. The number of carbonyl (C=O) groups excluding carboxylic acids is 1. The molecule has 1 aromatic rings. The van der Waals surface area contributed by atoms with E-state index in [1.54, 1.807) is 0 Å². The molecule has 0 spiro atoms. The van der Waals surface area contributed by atoms with E-state index in [0.717, 1.165) is 31.5 Å². The number of hydrogen-bond donors (Lipinski definition) is 1. The van der Waals surface area contributed by atoms with Crippen molar-refractivity contribution in [2.45, 2.75) is 18.9 Å². The number of benzene rings is 1. The van der Waals surface area contributed by atoms with Crippen LogP contribution in [-0.4, -0.2) is 50.2 Å². The van der Waals surface area contributed by atoms with Crippen LogP contribution in [0.1, 0.15) is 23.2 Å². The lowest BCUT2D eigenvalue weighted by atomic mass is 10.1. The summed E-state index contributed by atoms with van der Waals surface area (Å²) in [5, 5.41) is 3.28. The summed E-state index contributed by atoms with van der Waals surface area (Å²) in [6.45, 7) is 1.97. The van der Waals surface area contributed by atoms with E-state index in [0.29, 0.717) is 19.7 Å². The monoisotopic (exact) mass is 298 g/mol. The molecule has 2 rings (SSSR count). The standard InChI is InChI=1S/C15H20F2N2O2/c1-21-9-8-19(10-11-4-3-7-18-11)15(20)14-12(16)5-2-6-13(14)17/h2,5-6,11,18H,3-4,7-10H2,1H3. The molecule has 0 aliphatic carbocycles. The number of methoxy groups -OCH3 is 1. The van der Waals surface area contributed by atoms with E-state index < -0.39 is 23.1 Å². The molecule has 116 valence electrons. The van der Waals surface area contributed by atoms with Gasteiger partial charge in [-0.3, -0.25) is 4.79 Å². The number of ether oxygens (including phenoxy) is 1. The Labute approximate surface area is 123 Å². The van der Waals surface area contributed by atoms with Crippen LogP contribution >= 0.6 is 0 Å². The van der Waals surface area contributed by atoms with Gasteiger partial charge in [-0.1, -0.05) is 6.07 Å². The zero-order chi connectivity index (χ0) is 15.2. The van der Waals surface area contributed by atoms with Crippen LogP contribution in [0.2, 0.25) is 0 Å². The Hall–Kier alpha value is -1.53. The maximum Gasteiger partial charge on any atom is 0.259 e. The van der Waals surface area contributed by atoms with Gasteiger partial charge in [-0.15, -0.1) is 0 Å². The van der Waals surface area contributed by atoms with E-state index in [-0.39, 0.29) is 6.04 Å². The third-order valence-electron chi connectivity index (χ3n) is 3.63. The first kappa shape index (κ1) is 15.9. The third kappa shape index (κ3) is 3.98. The third-order valence-corrected chi connectivity index (χ3v) is 3.63. The zero-order valence-electron chi connectivity index (χ0n) is 12.1. The van der Waals surface area contributed by atoms with Gasteiger partial charge in [-0.05, 0) is 31.5 Å². The molecule has 1 unspecified atom stereocenters. The lowest BCUT2D eigenvalue weighted by molar-refractivity contribution is 0.0669. The molecule has 0 radical (unpaired) electrons. The summed E-state index contributed by atoms with van der Waals surface area (Å²) in [6.07, 6.45) is 2.00. The molecule has 0 saturated carbocycles. The van der Waals surface area contributed by atoms with Crippen molar-refractivity contribution in [3.8, 4) is 0 Å². The van der Waals surface area contributed by atoms with E-state index in [4.69, 9.17) is 4.74 Å². The van der Waals surface area contributed by atoms with Crippen molar-refractivity contribution in [1.82, 2.24) is 10.2 Å². The second-order valence-corrected chi connectivity index (χ2v) is 5.13. The fraction of sp³-hybridized carbons (Fsp3) is 0.533. The van der Waals surface area contributed by atoms with E-state index >= 15 is 0 Å². The number of hydrogen-bond acceptors (Lipinski definition) is 3. The molecule has 1 saturated heterocycles. The molecule has 0 bridgehead atoms. The topological polar surface area (TPSA) is 41.6 Å². The normalized spacial score (nSPS) is 18.0. The van der Waals surface area contributed by atoms with Crippen LogP contribution in [0.25, 0.3) is 0 Å². The van der Waals surface area contributed by atoms with E-state index in [1.807, 2.05) is 0 Å². The highest BCUT2D eigenvalue weighted by Gasteiger charge is 2.26. The molecule has 1 aromatic carbocycles. The van der Waals surface area contributed by atoms with Crippen molar-refractivity contribution in [3.05, 3.63) is 35.4 Å². The summed E-state index contributed by atoms with van der Waals surface area (Å²) in [5.41, 5.74) is -0.494. The molecule has 1 aliphatic rings. The maximum atomic E-state index is 13.8. The summed E-state index contributed by atoms with van der Waals surface area (Å²) in [7, 11) is 1.53. The molecule has 1 N–H and O–H groups in total. The SMILES string of the molecule is COCCN(CC1CCCN1)C(=O)c1c(F)cccc1F. The summed E-state index contributed by atoms with van der Waals surface area (Å²) >= 11 is 0. The average molecular weight is 298 g/mol. The van der Waals surface area contributed by atoms with Gasteiger partial charge in [0.05, 0.1) is 6.61 Å².